The molecule has 0 radical (unpaired) electrons. The van der Waals surface area contributed by atoms with Crippen molar-refractivity contribution in [2.75, 3.05) is 79.0 Å². The van der Waals surface area contributed by atoms with E-state index in [4.69, 9.17) is 57.1 Å². The largest absolute Gasteiger partial charge is 0.490 e. The van der Waals surface area contributed by atoms with Crippen molar-refractivity contribution in [2.24, 2.45) is 0 Å². The summed E-state index contributed by atoms with van der Waals surface area (Å²) in [5.41, 5.74) is 12.0. The van der Waals surface area contributed by atoms with Crippen molar-refractivity contribution in [3.05, 3.63) is 144 Å². The van der Waals surface area contributed by atoms with Crippen LogP contribution in [0, 0.1) is 0 Å². The molecule has 3 aliphatic rings. The lowest BCUT2D eigenvalue weighted by atomic mass is 10.0. The average Bonchev–Trinajstić information content (AvgIpc) is 1.69. The summed E-state index contributed by atoms with van der Waals surface area (Å²) in [6, 6.07) is 35.6. The molecular formula is C73H83N11O12. The number of ether oxygens (including phenoxy) is 6. The minimum Gasteiger partial charge on any atom is -0.490 e. The van der Waals surface area contributed by atoms with Gasteiger partial charge in [-0.2, -0.15) is 15.0 Å². The standard InChI is InChI=1S/C25H28N4O4.C25H29N3O4.C23H26N4O4/c1-3-31-21-9-8-16(12-22(21)32-4-2)25-27-24(28-33-25)19-6-5-7-20-23(19)17(13-26-20)14-29-11-10-18(30)15-29;1-3-30-22-11-8-16(14-23(22)31-4-2)25-26-24(27-32-25)20-7-5-6-19-18(20)9-10-21(19)28-13-12-17(29)15-28;1-3-29-19-9-8-15(12-20(19)30-4-2)23-26-22(27-31-23)17-6-5-7-18-21(17)16(14-25-18)13-24-10-11-28/h5-9,12-13,18,26,30H,3-4,10-11,14-15H2,1-2H3;5-8,11,14,17,21,29H,3-4,9-10,12-13,15H2,1-2H3;5-9,12,14,24-25,28H,3-4,10-11,13H2,1-2H3/t18-;17-,21?;/m01./s1. The summed E-state index contributed by atoms with van der Waals surface area (Å²) in [4.78, 5) is 25.4. The van der Waals surface area contributed by atoms with E-state index < -0.39 is 0 Å². The first kappa shape index (κ1) is 66.4. The second kappa shape index (κ2) is 31.3. The van der Waals surface area contributed by atoms with Gasteiger partial charge in [0.05, 0.1) is 58.5 Å². The number of benzene rings is 6. The maximum Gasteiger partial charge on any atom is 0.258 e. The topological polar surface area (TPSA) is 283 Å². The minimum absolute atomic E-state index is 0.0925. The maximum atomic E-state index is 9.96. The van der Waals surface area contributed by atoms with Crippen molar-refractivity contribution in [1.82, 2.24) is 55.5 Å². The maximum absolute atomic E-state index is 9.96. The van der Waals surface area contributed by atoms with E-state index in [1.165, 1.54) is 11.1 Å². The normalized spacial score (nSPS) is 16.1. The number of hydrogen-bond acceptors (Lipinski definition) is 21. The number of aliphatic hydroxyl groups is 3. The van der Waals surface area contributed by atoms with Crippen LogP contribution in [0.2, 0.25) is 0 Å². The van der Waals surface area contributed by atoms with E-state index in [1.54, 1.807) is 0 Å². The number of nitrogens with zero attached hydrogens (tertiary/aromatic N) is 8. The van der Waals surface area contributed by atoms with Gasteiger partial charge in [0.25, 0.3) is 17.7 Å². The van der Waals surface area contributed by atoms with Crippen LogP contribution in [0.4, 0.5) is 0 Å². The van der Waals surface area contributed by atoms with E-state index in [-0.39, 0.29) is 18.8 Å². The van der Waals surface area contributed by atoms with Crippen LogP contribution in [0.3, 0.4) is 0 Å². The van der Waals surface area contributed by atoms with Gasteiger partial charge in [0.15, 0.2) is 34.5 Å². The number of fused-ring (bicyclic) bond motifs is 3. The van der Waals surface area contributed by atoms with Gasteiger partial charge in [0.1, 0.15) is 0 Å². The molecule has 0 saturated carbocycles. The Bertz CT molecular complexity index is 4370. The van der Waals surface area contributed by atoms with Gasteiger partial charge >= 0.3 is 0 Å². The molecule has 23 nitrogen and oxygen atoms in total. The third kappa shape index (κ3) is 14.9. The predicted molar refractivity (Wildman–Crippen MR) is 364 cm³/mol. The highest BCUT2D eigenvalue weighted by atomic mass is 16.5. The van der Waals surface area contributed by atoms with Crippen LogP contribution >= 0.6 is 0 Å². The molecule has 7 heterocycles. The Morgan fingerprint density at radius 1 is 0.510 bits per heavy atom. The molecule has 502 valence electrons. The van der Waals surface area contributed by atoms with E-state index >= 15 is 0 Å². The molecule has 5 aromatic heterocycles. The summed E-state index contributed by atoms with van der Waals surface area (Å²) in [5, 5.41) is 47.0. The van der Waals surface area contributed by atoms with Crippen molar-refractivity contribution in [1.29, 1.82) is 0 Å². The fourth-order valence-corrected chi connectivity index (χ4v) is 12.8. The highest BCUT2D eigenvalue weighted by Gasteiger charge is 2.34. The lowest BCUT2D eigenvalue weighted by Gasteiger charge is -2.24. The van der Waals surface area contributed by atoms with E-state index in [0.717, 1.165) is 118 Å². The van der Waals surface area contributed by atoms with Crippen molar-refractivity contribution in [3.63, 3.8) is 0 Å². The Balaban J connectivity index is 0.000000138. The monoisotopic (exact) mass is 1310 g/mol. The van der Waals surface area contributed by atoms with Crippen molar-refractivity contribution in [3.8, 4) is 103 Å². The van der Waals surface area contributed by atoms with Gasteiger partial charge in [0.2, 0.25) is 17.5 Å². The second-order valence-electron chi connectivity index (χ2n) is 23.4. The fraction of sp³-hybridized carbons (Fsp3) is 0.370. The molecule has 14 rings (SSSR count). The van der Waals surface area contributed by atoms with E-state index in [0.29, 0.717) is 135 Å². The highest BCUT2D eigenvalue weighted by molar-refractivity contribution is 5.97. The summed E-state index contributed by atoms with van der Waals surface area (Å²) in [6.07, 6.45) is 7.23. The zero-order valence-electron chi connectivity index (χ0n) is 55.1. The quantitative estimate of drug-likeness (QED) is 0.0290. The lowest BCUT2D eigenvalue weighted by Crippen LogP contribution is -2.26. The molecule has 0 spiro atoms. The van der Waals surface area contributed by atoms with Crippen LogP contribution in [0.15, 0.2) is 135 Å². The summed E-state index contributed by atoms with van der Waals surface area (Å²) in [5.74, 6) is 6.98. The molecule has 1 aliphatic carbocycles. The van der Waals surface area contributed by atoms with E-state index in [1.807, 2.05) is 145 Å². The summed E-state index contributed by atoms with van der Waals surface area (Å²) in [7, 11) is 0. The Kier molecular flexibility index (Phi) is 21.6. The third-order valence-electron chi connectivity index (χ3n) is 17.1. The molecule has 23 heteroatoms. The first-order valence-corrected chi connectivity index (χ1v) is 33.2. The highest BCUT2D eigenvalue weighted by Crippen LogP contribution is 2.43. The van der Waals surface area contributed by atoms with Crippen LogP contribution in [0.1, 0.15) is 89.1 Å². The Hall–Kier alpha value is -9.62. The first-order valence-electron chi connectivity index (χ1n) is 33.2. The van der Waals surface area contributed by atoms with Crippen LogP contribution in [-0.4, -0.2) is 157 Å². The molecule has 96 heavy (non-hydrogen) atoms. The van der Waals surface area contributed by atoms with Crippen molar-refractivity contribution in [2.45, 2.75) is 98.6 Å². The Morgan fingerprint density at radius 2 is 0.958 bits per heavy atom. The average molecular weight is 1310 g/mol. The number of aromatic nitrogens is 8. The predicted octanol–water partition coefficient (Wildman–Crippen LogP) is 12.3. The molecule has 2 aliphatic heterocycles. The molecule has 0 bridgehead atoms. The van der Waals surface area contributed by atoms with Gasteiger partial charge in [-0.3, -0.25) is 9.80 Å². The van der Waals surface area contributed by atoms with Gasteiger partial charge in [-0.25, -0.2) is 0 Å². The molecule has 6 aromatic carbocycles. The lowest BCUT2D eigenvalue weighted by molar-refractivity contribution is 0.159. The SMILES string of the molecule is CCOc1ccc(-c2nc(-c3cccc4[nH]cc(CN5CC[C@H](O)C5)c34)no2)cc1OCC.CCOc1ccc(-c2nc(-c3cccc4[nH]cc(CNCCO)c34)no2)cc1OCC.CCOc1ccc(-c2nc(-c3cccc4c3CCC4N3CC[C@@H](O)C3)no2)cc1OCC. The van der Waals surface area contributed by atoms with Gasteiger partial charge < -0.3 is 72.6 Å². The number of aromatic amines is 2. The number of hydrogen-bond donors (Lipinski definition) is 6. The van der Waals surface area contributed by atoms with Crippen LogP contribution in [0.5, 0.6) is 34.5 Å². The number of rotatable bonds is 25. The zero-order valence-corrected chi connectivity index (χ0v) is 55.1. The number of H-pyrrole nitrogens is 2. The molecular weight excluding hydrogens is 1220 g/mol. The summed E-state index contributed by atoms with van der Waals surface area (Å²) >= 11 is 0. The molecule has 2 saturated heterocycles. The smallest absolute Gasteiger partial charge is 0.258 e. The fourth-order valence-electron chi connectivity index (χ4n) is 12.8. The number of likely N-dealkylation sites (tertiary alicyclic amines) is 2. The first-order chi connectivity index (χ1) is 47.1. The van der Waals surface area contributed by atoms with Gasteiger partial charge in [-0.05, 0) is 156 Å². The van der Waals surface area contributed by atoms with Gasteiger partial charge in [-0.1, -0.05) is 57.9 Å². The zero-order chi connectivity index (χ0) is 66.5. The van der Waals surface area contributed by atoms with Gasteiger partial charge in [-0.15, -0.1) is 0 Å². The molecule has 11 aromatic rings. The number of aliphatic hydroxyl groups excluding tert-OH is 3. The second-order valence-corrected chi connectivity index (χ2v) is 23.4. The van der Waals surface area contributed by atoms with Crippen LogP contribution < -0.4 is 33.7 Å². The van der Waals surface area contributed by atoms with E-state index in [2.05, 4.69) is 63.7 Å². The minimum atomic E-state index is -0.245. The van der Waals surface area contributed by atoms with E-state index in [9.17, 15) is 10.2 Å². The molecule has 2 fully saturated rings. The number of β-amino-alcohol motifs (C(OH)–C–C–N with tert-alkyl or cyclic N) is 2. The molecule has 1 unspecified atom stereocenters. The van der Waals surface area contributed by atoms with Crippen LogP contribution in [-0.2, 0) is 19.5 Å². The summed E-state index contributed by atoms with van der Waals surface area (Å²) < 4.78 is 51.0. The molecule has 0 amide bonds. The third-order valence-corrected chi connectivity index (χ3v) is 17.1. The van der Waals surface area contributed by atoms with Gasteiger partial charge in [0, 0.05) is 119 Å². The Labute approximate surface area is 556 Å². The molecule has 3 atom stereocenters. The van der Waals surface area contributed by atoms with Crippen LogP contribution in [0.25, 0.3) is 90.3 Å². The number of nitrogens with one attached hydrogen (secondary N) is 3. The van der Waals surface area contributed by atoms with Crippen molar-refractivity contribution < 1.29 is 57.3 Å². The molecule has 6 N–H and O–H groups in total. The van der Waals surface area contributed by atoms with Crippen molar-refractivity contribution >= 4 is 21.8 Å². The summed E-state index contributed by atoms with van der Waals surface area (Å²) in [6.45, 7) is 20.2. The Morgan fingerprint density at radius 3 is 1.43 bits per heavy atom.